The van der Waals surface area contributed by atoms with Gasteiger partial charge in [0, 0.05) is 24.3 Å². The molecule has 0 amide bonds. The number of fused-ring (bicyclic) bond motifs is 1. The smallest absolute Gasteiger partial charge is 0.0483 e. The Morgan fingerprint density at radius 3 is 2.94 bits per heavy atom. The number of aryl methyl sites for hydroxylation is 1. The summed E-state index contributed by atoms with van der Waals surface area (Å²) in [4.78, 5) is 0. The summed E-state index contributed by atoms with van der Waals surface area (Å²) in [5.41, 5.74) is 2.69. The van der Waals surface area contributed by atoms with Crippen molar-refractivity contribution in [2.75, 3.05) is 6.54 Å². The molecule has 2 nitrogen and oxygen atoms in total. The molecule has 0 fully saturated rings. The van der Waals surface area contributed by atoms with Crippen molar-refractivity contribution in [3.05, 3.63) is 48.7 Å². The first-order valence-corrected chi connectivity index (χ1v) is 6.75. The number of hydrogen-bond donors (Lipinski definition) is 1. The molecular formula is C16H22N2. The second-order valence-electron chi connectivity index (χ2n) is 4.60. The van der Waals surface area contributed by atoms with Crippen LogP contribution in [0.5, 0.6) is 0 Å². The minimum atomic E-state index is 0.944. The molecule has 0 spiro atoms. The Morgan fingerprint density at radius 1 is 1.33 bits per heavy atom. The van der Waals surface area contributed by atoms with E-state index < -0.39 is 0 Å². The van der Waals surface area contributed by atoms with E-state index in [1.807, 2.05) is 6.08 Å². The van der Waals surface area contributed by atoms with Crippen LogP contribution in [0.3, 0.4) is 0 Å². The minimum absolute atomic E-state index is 0.944. The monoisotopic (exact) mass is 242 g/mol. The molecular weight excluding hydrogens is 220 g/mol. The Balaban J connectivity index is 2.27. The zero-order valence-electron chi connectivity index (χ0n) is 11.2. The van der Waals surface area contributed by atoms with Crippen LogP contribution in [-0.2, 0) is 13.1 Å². The molecule has 0 aliphatic carbocycles. The van der Waals surface area contributed by atoms with Crippen LogP contribution in [0.15, 0.2) is 43.0 Å². The van der Waals surface area contributed by atoms with E-state index in [0.29, 0.717) is 0 Å². The number of benzene rings is 1. The van der Waals surface area contributed by atoms with Gasteiger partial charge in [0.2, 0.25) is 0 Å². The molecule has 1 aromatic heterocycles. The van der Waals surface area contributed by atoms with Crippen LogP contribution in [0.4, 0.5) is 0 Å². The number of para-hydroxylation sites is 1. The molecule has 0 saturated carbocycles. The first kappa shape index (κ1) is 12.9. The third kappa shape index (κ3) is 2.82. The quantitative estimate of drug-likeness (QED) is 0.578. The fraction of sp³-hybridized carbons (Fsp3) is 0.375. The van der Waals surface area contributed by atoms with Crippen LogP contribution in [-0.4, -0.2) is 11.1 Å². The summed E-state index contributed by atoms with van der Waals surface area (Å²) >= 11 is 0. The molecule has 0 aliphatic heterocycles. The third-order valence-electron chi connectivity index (χ3n) is 3.19. The fourth-order valence-electron chi connectivity index (χ4n) is 2.29. The van der Waals surface area contributed by atoms with Crippen molar-refractivity contribution in [2.24, 2.45) is 0 Å². The number of rotatable bonds is 7. The van der Waals surface area contributed by atoms with E-state index in [1.54, 1.807) is 0 Å². The summed E-state index contributed by atoms with van der Waals surface area (Å²) < 4.78 is 2.40. The van der Waals surface area contributed by atoms with Gasteiger partial charge in [-0.3, -0.25) is 0 Å². The molecule has 18 heavy (non-hydrogen) atoms. The molecule has 1 heterocycles. The van der Waals surface area contributed by atoms with Gasteiger partial charge in [-0.1, -0.05) is 31.2 Å². The van der Waals surface area contributed by atoms with Gasteiger partial charge in [-0.2, -0.15) is 0 Å². The number of aromatic nitrogens is 1. The van der Waals surface area contributed by atoms with E-state index in [2.05, 4.69) is 53.7 Å². The first-order chi connectivity index (χ1) is 8.86. The Bertz CT molecular complexity index is 511. The molecule has 0 saturated heterocycles. The second kappa shape index (κ2) is 6.41. The molecule has 0 unspecified atom stereocenters. The predicted octanol–water partition coefficient (Wildman–Crippen LogP) is 3.72. The SMILES string of the molecule is C=CCCn1c(CNCCC)cc2ccccc21. The van der Waals surface area contributed by atoms with Gasteiger partial charge in [-0.15, -0.1) is 6.58 Å². The molecule has 0 atom stereocenters. The molecule has 1 N–H and O–H groups in total. The lowest BCUT2D eigenvalue weighted by Gasteiger charge is -2.10. The summed E-state index contributed by atoms with van der Waals surface area (Å²) in [5.74, 6) is 0. The van der Waals surface area contributed by atoms with Gasteiger partial charge in [0.15, 0.2) is 0 Å². The average molecular weight is 242 g/mol. The Morgan fingerprint density at radius 2 is 2.17 bits per heavy atom. The van der Waals surface area contributed by atoms with Crippen LogP contribution >= 0.6 is 0 Å². The maximum atomic E-state index is 3.82. The molecule has 0 radical (unpaired) electrons. The third-order valence-corrected chi connectivity index (χ3v) is 3.19. The van der Waals surface area contributed by atoms with E-state index in [9.17, 15) is 0 Å². The first-order valence-electron chi connectivity index (χ1n) is 6.75. The Kier molecular flexibility index (Phi) is 4.59. The lowest BCUT2D eigenvalue weighted by atomic mass is 10.2. The molecule has 2 heteroatoms. The number of nitrogens with one attached hydrogen (secondary N) is 1. The van der Waals surface area contributed by atoms with Crippen molar-refractivity contribution in [1.29, 1.82) is 0 Å². The lowest BCUT2D eigenvalue weighted by molar-refractivity contribution is 0.618. The van der Waals surface area contributed by atoms with Gasteiger partial charge in [-0.05, 0) is 36.9 Å². The van der Waals surface area contributed by atoms with E-state index in [0.717, 1.165) is 26.1 Å². The maximum absolute atomic E-state index is 3.82. The molecule has 1 aromatic carbocycles. The van der Waals surface area contributed by atoms with E-state index in [1.165, 1.54) is 23.0 Å². The maximum Gasteiger partial charge on any atom is 0.0483 e. The molecule has 0 bridgehead atoms. The highest BCUT2D eigenvalue weighted by atomic mass is 15.0. The van der Waals surface area contributed by atoms with Crippen LogP contribution in [0.2, 0.25) is 0 Å². The summed E-state index contributed by atoms with van der Waals surface area (Å²) in [6.07, 6.45) is 4.17. The van der Waals surface area contributed by atoms with Crippen molar-refractivity contribution in [3.8, 4) is 0 Å². The van der Waals surface area contributed by atoms with Gasteiger partial charge in [0.05, 0.1) is 0 Å². The van der Waals surface area contributed by atoms with Gasteiger partial charge in [0.25, 0.3) is 0 Å². The zero-order valence-corrected chi connectivity index (χ0v) is 11.2. The minimum Gasteiger partial charge on any atom is -0.343 e. The standard InChI is InChI=1S/C16H22N2/c1-3-5-11-18-15(13-17-10-4-2)12-14-8-6-7-9-16(14)18/h3,6-9,12,17H,1,4-5,10-11,13H2,2H3. The second-order valence-corrected chi connectivity index (χ2v) is 4.60. The summed E-state index contributed by atoms with van der Waals surface area (Å²) in [5, 5.41) is 4.81. The fourth-order valence-corrected chi connectivity index (χ4v) is 2.29. The summed E-state index contributed by atoms with van der Waals surface area (Å²) in [6, 6.07) is 10.9. The predicted molar refractivity (Wildman–Crippen MR) is 78.7 cm³/mol. The molecule has 96 valence electrons. The Hall–Kier alpha value is -1.54. The molecule has 0 aliphatic rings. The van der Waals surface area contributed by atoms with E-state index in [4.69, 9.17) is 0 Å². The number of hydrogen-bond acceptors (Lipinski definition) is 1. The number of allylic oxidation sites excluding steroid dienone is 1. The van der Waals surface area contributed by atoms with Crippen LogP contribution in [0.25, 0.3) is 10.9 Å². The normalized spacial score (nSPS) is 10.9. The largest absolute Gasteiger partial charge is 0.343 e. The van der Waals surface area contributed by atoms with Crippen molar-refractivity contribution in [1.82, 2.24) is 9.88 Å². The lowest BCUT2D eigenvalue weighted by Crippen LogP contribution is -2.16. The van der Waals surface area contributed by atoms with Crippen molar-refractivity contribution in [3.63, 3.8) is 0 Å². The van der Waals surface area contributed by atoms with Gasteiger partial charge < -0.3 is 9.88 Å². The van der Waals surface area contributed by atoms with Crippen LogP contribution < -0.4 is 5.32 Å². The van der Waals surface area contributed by atoms with Crippen molar-refractivity contribution >= 4 is 10.9 Å². The highest BCUT2D eigenvalue weighted by Gasteiger charge is 2.06. The van der Waals surface area contributed by atoms with Crippen molar-refractivity contribution < 1.29 is 0 Å². The average Bonchev–Trinajstić information content (AvgIpc) is 2.74. The zero-order chi connectivity index (χ0) is 12.8. The van der Waals surface area contributed by atoms with Gasteiger partial charge in [-0.25, -0.2) is 0 Å². The van der Waals surface area contributed by atoms with E-state index in [-0.39, 0.29) is 0 Å². The highest BCUT2D eigenvalue weighted by Crippen LogP contribution is 2.20. The van der Waals surface area contributed by atoms with Crippen molar-refractivity contribution in [2.45, 2.75) is 32.9 Å². The summed E-state index contributed by atoms with van der Waals surface area (Å²) in [7, 11) is 0. The number of nitrogens with zero attached hydrogens (tertiary/aromatic N) is 1. The molecule has 2 aromatic rings. The van der Waals surface area contributed by atoms with Gasteiger partial charge in [0.1, 0.15) is 0 Å². The van der Waals surface area contributed by atoms with E-state index >= 15 is 0 Å². The highest BCUT2D eigenvalue weighted by molar-refractivity contribution is 5.81. The van der Waals surface area contributed by atoms with Gasteiger partial charge >= 0.3 is 0 Å². The van der Waals surface area contributed by atoms with Crippen LogP contribution in [0.1, 0.15) is 25.5 Å². The van der Waals surface area contributed by atoms with Crippen LogP contribution in [0, 0.1) is 0 Å². The topological polar surface area (TPSA) is 17.0 Å². The Labute approximate surface area is 109 Å². The summed E-state index contributed by atoms with van der Waals surface area (Å²) in [6.45, 7) is 9.04. The molecule has 2 rings (SSSR count).